The summed E-state index contributed by atoms with van der Waals surface area (Å²) < 4.78 is 0. The summed E-state index contributed by atoms with van der Waals surface area (Å²) in [6, 6.07) is 1.24. The summed E-state index contributed by atoms with van der Waals surface area (Å²) in [6.45, 7) is 9.62. The van der Waals surface area contributed by atoms with Crippen molar-refractivity contribution in [2.45, 2.75) is 51.6 Å². The van der Waals surface area contributed by atoms with E-state index in [2.05, 4.69) is 25.3 Å². The summed E-state index contributed by atoms with van der Waals surface area (Å²) in [5.41, 5.74) is 1.08. The predicted octanol–water partition coefficient (Wildman–Crippen LogP) is 2.39. The monoisotopic (exact) mass is 195 g/mol. The minimum absolute atomic E-state index is 0.530. The molecule has 1 fully saturated rings. The van der Waals surface area contributed by atoms with Crippen LogP contribution in [0.3, 0.4) is 0 Å². The first-order valence-electron chi connectivity index (χ1n) is 5.51. The van der Waals surface area contributed by atoms with Crippen molar-refractivity contribution in [3.05, 3.63) is 12.2 Å². The van der Waals surface area contributed by atoms with Crippen molar-refractivity contribution < 1.29 is 4.79 Å². The third kappa shape index (κ3) is 2.95. The van der Waals surface area contributed by atoms with Gasteiger partial charge in [0.1, 0.15) is 6.29 Å². The molecule has 1 saturated heterocycles. The average molecular weight is 195 g/mol. The second-order valence-electron chi connectivity index (χ2n) is 4.45. The van der Waals surface area contributed by atoms with Crippen LogP contribution < -0.4 is 0 Å². The summed E-state index contributed by atoms with van der Waals surface area (Å²) in [6.07, 6.45) is 5.03. The lowest BCUT2D eigenvalue weighted by atomic mass is 10.0. The van der Waals surface area contributed by atoms with Crippen molar-refractivity contribution in [2.24, 2.45) is 0 Å². The number of likely N-dealkylation sites (tertiary alicyclic amines) is 1. The molecule has 1 unspecified atom stereocenters. The highest BCUT2D eigenvalue weighted by Gasteiger charge is 2.26. The Kier molecular flexibility index (Phi) is 4.33. The van der Waals surface area contributed by atoms with Crippen LogP contribution in [0.25, 0.3) is 0 Å². The fraction of sp³-hybridized carbons (Fsp3) is 0.750. The molecule has 2 nitrogen and oxygen atoms in total. The van der Waals surface area contributed by atoms with Crippen molar-refractivity contribution in [1.29, 1.82) is 0 Å². The van der Waals surface area contributed by atoms with Gasteiger partial charge in [0.2, 0.25) is 0 Å². The first-order valence-corrected chi connectivity index (χ1v) is 5.51. The standard InChI is InChI=1S/C12H21NO/c1-10(2)13-7-4-5-12(13)9-11(3)6-8-14/h8,10,12H,3-7,9H2,1-2H3. The predicted molar refractivity (Wildman–Crippen MR) is 59.3 cm³/mol. The van der Waals surface area contributed by atoms with Crippen LogP contribution in [-0.2, 0) is 4.79 Å². The maximum atomic E-state index is 10.3. The van der Waals surface area contributed by atoms with Gasteiger partial charge in [-0.3, -0.25) is 4.90 Å². The van der Waals surface area contributed by atoms with Crippen LogP contribution in [0.5, 0.6) is 0 Å². The maximum absolute atomic E-state index is 10.3. The Morgan fingerprint density at radius 1 is 1.64 bits per heavy atom. The molecule has 1 rings (SSSR count). The van der Waals surface area contributed by atoms with E-state index in [0.717, 1.165) is 18.3 Å². The quantitative estimate of drug-likeness (QED) is 0.496. The molecule has 2 heteroatoms. The highest BCUT2D eigenvalue weighted by atomic mass is 16.1. The summed E-state index contributed by atoms with van der Waals surface area (Å²) in [5.74, 6) is 0. The number of nitrogens with zero attached hydrogens (tertiary/aromatic N) is 1. The molecule has 0 radical (unpaired) electrons. The molecule has 0 bridgehead atoms. The summed E-state index contributed by atoms with van der Waals surface area (Å²) >= 11 is 0. The van der Waals surface area contributed by atoms with E-state index in [1.807, 2.05) is 0 Å². The molecule has 1 aliphatic heterocycles. The molecular weight excluding hydrogens is 174 g/mol. The Morgan fingerprint density at radius 2 is 2.36 bits per heavy atom. The van der Waals surface area contributed by atoms with Crippen molar-refractivity contribution in [2.75, 3.05) is 6.54 Å². The Hall–Kier alpha value is -0.630. The third-order valence-electron chi connectivity index (χ3n) is 2.98. The van der Waals surface area contributed by atoms with E-state index in [0.29, 0.717) is 18.5 Å². The van der Waals surface area contributed by atoms with Crippen LogP contribution in [0, 0.1) is 0 Å². The first kappa shape index (κ1) is 11.4. The van der Waals surface area contributed by atoms with Crippen molar-refractivity contribution in [3.63, 3.8) is 0 Å². The van der Waals surface area contributed by atoms with E-state index in [4.69, 9.17) is 0 Å². The Balaban J connectivity index is 2.43. The molecule has 0 aliphatic carbocycles. The van der Waals surface area contributed by atoms with Crippen LogP contribution in [0.2, 0.25) is 0 Å². The van der Waals surface area contributed by atoms with E-state index in [9.17, 15) is 4.79 Å². The molecule has 1 heterocycles. The van der Waals surface area contributed by atoms with Gasteiger partial charge >= 0.3 is 0 Å². The molecule has 0 saturated carbocycles. The molecule has 14 heavy (non-hydrogen) atoms. The van der Waals surface area contributed by atoms with Gasteiger partial charge in [-0.25, -0.2) is 0 Å². The molecule has 0 N–H and O–H groups in total. The van der Waals surface area contributed by atoms with E-state index in [-0.39, 0.29) is 0 Å². The second-order valence-corrected chi connectivity index (χ2v) is 4.45. The minimum atomic E-state index is 0.530. The molecule has 80 valence electrons. The van der Waals surface area contributed by atoms with E-state index in [1.165, 1.54) is 19.4 Å². The smallest absolute Gasteiger partial charge is 0.124 e. The van der Waals surface area contributed by atoms with Gasteiger partial charge in [0.05, 0.1) is 0 Å². The van der Waals surface area contributed by atoms with Gasteiger partial charge in [-0.2, -0.15) is 0 Å². The van der Waals surface area contributed by atoms with E-state index < -0.39 is 0 Å². The van der Waals surface area contributed by atoms with Crippen LogP contribution in [-0.4, -0.2) is 29.8 Å². The molecule has 0 aromatic heterocycles. The topological polar surface area (TPSA) is 20.3 Å². The van der Waals surface area contributed by atoms with Crippen LogP contribution in [0.4, 0.5) is 0 Å². The molecule has 0 spiro atoms. The molecule has 1 atom stereocenters. The number of rotatable bonds is 5. The second kappa shape index (κ2) is 5.30. The zero-order valence-corrected chi connectivity index (χ0v) is 9.33. The fourth-order valence-electron chi connectivity index (χ4n) is 2.29. The lowest BCUT2D eigenvalue weighted by molar-refractivity contribution is -0.107. The molecule has 1 aliphatic rings. The number of carbonyl (C=O) groups excluding carboxylic acids is 1. The van der Waals surface area contributed by atoms with Crippen LogP contribution >= 0.6 is 0 Å². The highest BCUT2D eigenvalue weighted by Crippen LogP contribution is 2.25. The first-order chi connectivity index (χ1) is 6.65. The summed E-state index contributed by atoms with van der Waals surface area (Å²) in [4.78, 5) is 12.9. The number of carbonyl (C=O) groups is 1. The van der Waals surface area contributed by atoms with E-state index >= 15 is 0 Å². The largest absolute Gasteiger partial charge is 0.303 e. The van der Waals surface area contributed by atoms with Crippen molar-refractivity contribution in [3.8, 4) is 0 Å². The lowest BCUT2D eigenvalue weighted by Crippen LogP contribution is -2.35. The van der Waals surface area contributed by atoms with Crippen LogP contribution in [0.15, 0.2) is 12.2 Å². The lowest BCUT2D eigenvalue weighted by Gasteiger charge is -2.28. The Morgan fingerprint density at radius 3 is 2.93 bits per heavy atom. The van der Waals surface area contributed by atoms with Gasteiger partial charge in [-0.15, -0.1) is 0 Å². The number of hydrogen-bond donors (Lipinski definition) is 0. The molecular formula is C12H21NO. The Bertz CT molecular complexity index is 210. The van der Waals surface area contributed by atoms with Gasteiger partial charge in [0.15, 0.2) is 0 Å². The van der Waals surface area contributed by atoms with Gasteiger partial charge in [0.25, 0.3) is 0 Å². The number of aldehydes is 1. The van der Waals surface area contributed by atoms with Gasteiger partial charge in [-0.1, -0.05) is 12.2 Å². The Labute approximate surface area is 87.0 Å². The van der Waals surface area contributed by atoms with E-state index in [1.54, 1.807) is 0 Å². The highest BCUT2D eigenvalue weighted by molar-refractivity contribution is 5.53. The third-order valence-corrected chi connectivity index (χ3v) is 2.98. The van der Waals surface area contributed by atoms with Crippen LogP contribution in [0.1, 0.15) is 39.5 Å². The van der Waals surface area contributed by atoms with Gasteiger partial charge in [-0.05, 0) is 39.7 Å². The number of hydrogen-bond acceptors (Lipinski definition) is 2. The maximum Gasteiger partial charge on any atom is 0.124 e. The van der Waals surface area contributed by atoms with Crippen molar-refractivity contribution in [1.82, 2.24) is 4.90 Å². The van der Waals surface area contributed by atoms with Gasteiger partial charge in [0, 0.05) is 18.5 Å². The SMILES string of the molecule is C=C(CC=O)CC1CCCN1C(C)C. The van der Waals surface area contributed by atoms with Gasteiger partial charge < -0.3 is 4.79 Å². The summed E-state index contributed by atoms with van der Waals surface area (Å²) in [7, 11) is 0. The fourth-order valence-corrected chi connectivity index (χ4v) is 2.29. The zero-order chi connectivity index (χ0) is 10.6. The zero-order valence-electron chi connectivity index (χ0n) is 9.33. The minimum Gasteiger partial charge on any atom is -0.303 e. The van der Waals surface area contributed by atoms with Crippen molar-refractivity contribution >= 4 is 6.29 Å². The normalized spacial score (nSPS) is 22.9. The molecule has 0 aromatic rings. The average Bonchev–Trinajstić information content (AvgIpc) is 2.52. The molecule has 0 amide bonds. The molecule has 0 aromatic carbocycles. The summed E-state index contributed by atoms with van der Waals surface area (Å²) in [5, 5.41) is 0.